The van der Waals surface area contributed by atoms with Crippen LogP contribution >= 0.6 is 0 Å². The monoisotopic (exact) mass is 286 g/mol. The minimum absolute atomic E-state index is 0.0422. The normalized spacial score (nSPS) is 19.3. The zero-order valence-electron chi connectivity index (χ0n) is 12.0. The molecule has 0 bridgehead atoms. The third kappa shape index (κ3) is 2.94. The zero-order chi connectivity index (χ0) is 14.7. The number of aromatic nitrogens is 3. The lowest BCUT2D eigenvalue weighted by Gasteiger charge is -2.28. The topological polar surface area (TPSA) is 72.1 Å². The highest BCUT2D eigenvalue weighted by molar-refractivity contribution is 5.92. The first-order valence-electron chi connectivity index (χ1n) is 7.26. The van der Waals surface area contributed by atoms with E-state index in [0.29, 0.717) is 12.2 Å². The van der Waals surface area contributed by atoms with Crippen LogP contribution in [0.1, 0.15) is 53.7 Å². The lowest BCUT2D eigenvalue weighted by Crippen LogP contribution is -2.35. The molecule has 1 amide bonds. The minimum Gasteiger partial charge on any atom is -0.361 e. The fourth-order valence-corrected chi connectivity index (χ4v) is 2.76. The van der Waals surface area contributed by atoms with Crippen molar-refractivity contribution in [1.82, 2.24) is 20.0 Å². The van der Waals surface area contributed by atoms with E-state index in [4.69, 9.17) is 4.52 Å². The number of aryl methyl sites for hydroxylation is 1. The van der Waals surface area contributed by atoms with Crippen LogP contribution in [0.2, 0.25) is 0 Å². The Morgan fingerprint density at radius 3 is 2.95 bits per heavy atom. The van der Waals surface area contributed by atoms with Crippen LogP contribution in [0.4, 0.5) is 0 Å². The number of carbonyl (C=O) groups excluding carboxylic acids is 1. The molecular formula is C15H18N4O2. The summed E-state index contributed by atoms with van der Waals surface area (Å²) in [5.41, 5.74) is 1.20. The minimum atomic E-state index is -0.0874. The van der Waals surface area contributed by atoms with Crippen molar-refractivity contribution >= 4 is 5.91 Å². The Balaban J connectivity index is 1.90. The molecule has 1 atom stereocenters. The zero-order valence-corrected chi connectivity index (χ0v) is 12.0. The van der Waals surface area contributed by atoms with Gasteiger partial charge in [-0.1, -0.05) is 18.0 Å². The molecule has 3 rings (SSSR count). The van der Waals surface area contributed by atoms with Gasteiger partial charge in [-0.2, -0.15) is 0 Å². The average Bonchev–Trinajstić information content (AvgIpc) is 2.80. The largest absolute Gasteiger partial charge is 0.361 e. The number of hydrogen-bond donors (Lipinski definition) is 0. The van der Waals surface area contributed by atoms with Gasteiger partial charge >= 0.3 is 0 Å². The molecule has 0 aromatic carbocycles. The fraction of sp³-hybridized carbons (Fsp3) is 0.467. The lowest BCUT2D eigenvalue weighted by molar-refractivity contribution is 0.0667. The molecule has 1 aliphatic rings. The summed E-state index contributed by atoms with van der Waals surface area (Å²) in [5.74, 6) is 0.678. The highest BCUT2D eigenvalue weighted by Crippen LogP contribution is 2.30. The number of hydrogen-bond acceptors (Lipinski definition) is 5. The smallest absolute Gasteiger partial charge is 0.274 e. The number of rotatable bonds is 2. The SMILES string of the molecule is Cc1cc([C@H]2CCCCCN2C(=O)c2cnccn2)no1. The Bertz CT molecular complexity index is 611. The van der Waals surface area contributed by atoms with Crippen LogP contribution in [0, 0.1) is 6.92 Å². The summed E-state index contributed by atoms with van der Waals surface area (Å²) >= 11 is 0. The van der Waals surface area contributed by atoms with Gasteiger partial charge in [0, 0.05) is 25.0 Å². The predicted molar refractivity (Wildman–Crippen MR) is 75.5 cm³/mol. The molecule has 21 heavy (non-hydrogen) atoms. The van der Waals surface area contributed by atoms with Crippen molar-refractivity contribution in [3.05, 3.63) is 41.8 Å². The summed E-state index contributed by atoms with van der Waals surface area (Å²) in [7, 11) is 0. The Morgan fingerprint density at radius 1 is 1.33 bits per heavy atom. The molecule has 0 aliphatic carbocycles. The molecule has 0 N–H and O–H groups in total. The van der Waals surface area contributed by atoms with Crippen LogP contribution in [0.15, 0.2) is 29.2 Å². The maximum Gasteiger partial charge on any atom is 0.274 e. The lowest BCUT2D eigenvalue weighted by atomic mass is 10.1. The van der Waals surface area contributed by atoms with E-state index in [-0.39, 0.29) is 11.9 Å². The highest BCUT2D eigenvalue weighted by atomic mass is 16.5. The van der Waals surface area contributed by atoms with E-state index in [1.807, 2.05) is 17.9 Å². The molecule has 1 aliphatic heterocycles. The fourth-order valence-electron chi connectivity index (χ4n) is 2.76. The quantitative estimate of drug-likeness (QED) is 0.848. The molecule has 3 heterocycles. The molecular weight excluding hydrogens is 268 g/mol. The molecule has 0 radical (unpaired) electrons. The van der Waals surface area contributed by atoms with Gasteiger partial charge in [-0.15, -0.1) is 0 Å². The van der Waals surface area contributed by atoms with Crippen LogP contribution in [0.3, 0.4) is 0 Å². The van der Waals surface area contributed by atoms with Gasteiger partial charge in [0.25, 0.3) is 5.91 Å². The molecule has 110 valence electrons. The number of carbonyl (C=O) groups is 1. The van der Waals surface area contributed by atoms with Gasteiger partial charge in [0.2, 0.25) is 0 Å². The van der Waals surface area contributed by atoms with Crippen molar-refractivity contribution in [1.29, 1.82) is 0 Å². The van der Waals surface area contributed by atoms with Crippen molar-refractivity contribution in [3.63, 3.8) is 0 Å². The first kappa shape index (κ1) is 13.7. The van der Waals surface area contributed by atoms with Gasteiger partial charge in [-0.3, -0.25) is 9.78 Å². The van der Waals surface area contributed by atoms with E-state index in [2.05, 4.69) is 15.1 Å². The van der Waals surface area contributed by atoms with E-state index >= 15 is 0 Å². The Kier molecular flexibility index (Phi) is 3.94. The molecule has 0 unspecified atom stereocenters. The van der Waals surface area contributed by atoms with Crippen LogP contribution in [-0.4, -0.2) is 32.5 Å². The number of likely N-dealkylation sites (tertiary alicyclic amines) is 1. The van der Waals surface area contributed by atoms with E-state index in [1.165, 1.54) is 6.20 Å². The molecule has 1 saturated heterocycles. The second-order valence-electron chi connectivity index (χ2n) is 5.32. The Labute approximate surface area is 123 Å². The third-order valence-electron chi connectivity index (χ3n) is 3.78. The average molecular weight is 286 g/mol. The second-order valence-corrected chi connectivity index (χ2v) is 5.32. The molecule has 0 saturated carbocycles. The van der Waals surface area contributed by atoms with Crippen LogP contribution in [0.5, 0.6) is 0 Å². The maximum atomic E-state index is 12.7. The van der Waals surface area contributed by atoms with Crippen molar-refractivity contribution in [2.24, 2.45) is 0 Å². The Hall–Kier alpha value is -2.24. The van der Waals surface area contributed by atoms with Crippen molar-refractivity contribution in [2.75, 3.05) is 6.54 Å². The predicted octanol–water partition coefficient (Wildman–Crippen LogP) is 2.53. The first-order valence-corrected chi connectivity index (χ1v) is 7.26. The summed E-state index contributed by atoms with van der Waals surface area (Å²) in [6, 6.07) is 1.87. The maximum absolute atomic E-state index is 12.7. The number of nitrogens with zero attached hydrogens (tertiary/aromatic N) is 4. The molecule has 2 aromatic rings. The van der Waals surface area contributed by atoms with Gasteiger partial charge in [-0.25, -0.2) is 4.98 Å². The van der Waals surface area contributed by atoms with E-state index in [1.54, 1.807) is 12.4 Å². The van der Waals surface area contributed by atoms with E-state index < -0.39 is 0 Å². The van der Waals surface area contributed by atoms with Crippen molar-refractivity contribution in [2.45, 2.75) is 38.6 Å². The standard InChI is InChI=1S/C15H18N4O2/c1-11-9-12(18-21-11)14-5-3-2-4-8-19(14)15(20)13-10-16-6-7-17-13/h6-7,9-10,14H,2-5,8H2,1H3/t14-/m1/s1. The van der Waals surface area contributed by atoms with Crippen LogP contribution < -0.4 is 0 Å². The van der Waals surface area contributed by atoms with Crippen molar-refractivity contribution in [3.8, 4) is 0 Å². The van der Waals surface area contributed by atoms with Gasteiger partial charge in [0.05, 0.1) is 12.2 Å². The van der Waals surface area contributed by atoms with E-state index in [0.717, 1.165) is 37.1 Å². The summed E-state index contributed by atoms with van der Waals surface area (Å²) in [6.45, 7) is 2.58. The van der Waals surface area contributed by atoms with Gasteiger partial charge in [-0.05, 0) is 19.8 Å². The molecule has 2 aromatic heterocycles. The summed E-state index contributed by atoms with van der Waals surface area (Å²) in [5, 5.41) is 4.10. The van der Waals surface area contributed by atoms with E-state index in [9.17, 15) is 4.79 Å². The molecule has 6 nitrogen and oxygen atoms in total. The molecule has 6 heteroatoms. The molecule has 1 fully saturated rings. The second kappa shape index (κ2) is 6.03. The van der Waals surface area contributed by atoms with Gasteiger partial charge in [0.1, 0.15) is 17.1 Å². The summed E-state index contributed by atoms with van der Waals surface area (Å²) in [6.07, 6.45) is 8.73. The van der Waals surface area contributed by atoms with Crippen LogP contribution in [-0.2, 0) is 0 Å². The first-order chi connectivity index (χ1) is 10.3. The summed E-state index contributed by atoms with van der Waals surface area (Å²) in [4.78, 5) is 22.7. The molecule has 0 spiro atoms. The van der Waals surface area contributed by atoms with Crippen molar-refractivity contribution < 1.29 is 9.32 Å². The van der Waals surface area contributed by atoms with Crippen LogP contribution in [0.25, 0.3) is 0 Å². The number of amides is 1. The Morgan fingerprint density at radius 2 is 2.24 bits per heavy atom. The summed E-state index contributed by atoms with van der Waals surface area (Å²) < 4.78 is 5.18. The third-order valence-corrected chi connectivity index (χ3v) is 3.78. The highest BCUT2D eigenvalue weighted by Gasteiger charge is 2.30. The van der Waals surface area contributed by atoms with Gasteiger partial charge in [0.15, 0.2) is 0 Å². The van der Waals surface area contributed by atoms with Gasteiger partial charge < -0.3 is 9.42 Å².